The van der Waals surface area contributed by atoms with E-state index >= 15 is 0 Å². The van der Waals surface area contributed by atoms with E-state index in [0.717, 1.165) is 0 Å². The minimum absolute atomic E-state index is 0.101. The molecule has 0 spiro atoms. The number of benzene rings is 2. The van der Waals surface area contributed by atoms with E-state index in [2.05, 4.69) is 25.4 Å². The van der Waals surface area contributed by atoms with E-state index < -0.39 is 5.82 Å². The number of halogens is 2. The number of aromatic nitrogens is 6. The van der Waals surface area contributed by atoms with Crippen molar-refractivity contribution in [2.45, 2.75) is 0 Å². The Morgan fingerprint density at radius 3 is 2.37 bits per heavy atom. The van der Waals surface area contributed by atoms with Crippen LogP contribution in [0.4, 0.5) is 8.78 Å². The highest BCUT2D eigenvalue weighted by Crippen LogP contribution is 2.32. The lowest BCUT2D eigenvalue weighted by molar-refractivity contribution is 0.431. The Labute approximate surface area is 168 Å². The van der Waals surface area contributed by atoms with Gasteiger partial charge in [-0.2, -0.15) is 4.98 Å². The second-order valence-corrected chi connectivity index (χ2v) is 6.32. The van der Waals surface area contributed by atoms with Gasteiger partial charge in [0.1, 0.15) is 23.0 Å². The fraction of sp³-hybridized carbons (Fsp3) is 0. The number of hydrogen-bond acceptors (Lipinski definition) is 6. The zero-order valence-electron chi connectivity index (χ0n) is 15.3. The first-order valence-corrected chi connectivity index (χ1v) is 8.92. The molecular weight excluding hydrogens is 390 g/mol. The van der Waals surface area contributed by atoms with Crippen molar-refractivity contribution in [2.24, 2.45) is 0 Å². The smallest absolute Gasteiger partial charge is 0.281 e. The summed E-state index contributed by atoms with van der Waals surface area (Å²) in [5.74, 6) is -0.452. The van der Waals surface area contributed by atoms with Crippen molar-refractivity contribution in [3.63, 3.8) is 0 Å². The van der Waals surface area contributed by atoms with Crippen molar-refractivity contribution in [2.75, 3.05) is 0 Å². The van der Waals surface area contributed by atoms with Crippen LogP contribution in [0, 0.1) is 11.6 Å². The Bertz CT molecular complexity index is 1320. The second kappa shape index (κ2) is 7.28. The topological polar surface area (TPSA) is 82.5 Å². The second-order valence-electron chi connectivity index (χ2n) is 6.32. The van der Waals surface area contributed by atoms with Crippen molar-refractivity contribution < 1.29 is 13.3 Å². The quantitative estimate of drug-likeness (QED) is 0.445. The van der Waals surface area contributed by atoms with Crippen LogP contribution in [0.1, 0.15) is 0 Å². The van der Waals surface area contributed by atoms with Crippen molar-refractivity contribution >= 4 is 0 Å². The Morgan fingerprint density at radius 2 is 1.60 bits per heavy atom. The molecule has 3 aromatic heterocycles. The van der Waals surface area contributed by atoms with Crippen LogP contribution >= 0.6 is 0 Å². The van der Waals surface area contributed by atoms with Crippen molar-refractivity contribution in [3.8, 4) is 39.9 Å². The molecule has 9 heteroatoms. The average molecular weight is 402 g/mol. The Hall–Kier alpha value is -4.27. The number of hydrogen-bond donors (Lipinski definition) is 0. The molecule has 0 fully saturated rings. The van der Waals surface area contributed by atoms with Crippen LogP contribution < -0.4 is 0 Å². The molecule has 0 bridgehead atoms. The summed E-state index contributed by atoms with van der Waals surface area (Å²) >= 11 is 0. The van der Waals surface area contributed by atoms with Crippen LogP contribution in [0.2, 0.25) is 0 Å². The standard InChI is InChI=1S/C21H12F2N6O/c22-15-7-5-14(6-8-15)20-25-21(30-27-20)18-19(13-9-11-24-12-10-13)29(28-26-18)17-4-2-1-3-16(17)23/h1-12H. The summed E-state index contributed by atoms with van der Waals surface area (Å²) < 4.78 is 34.4. The maximum Gasteiger partial charge on any atom is 0.281 e. The zero-order chi connectivity index (χ0) is 20.5. The summed E-state index contributed by atoms with van der Waals surface area (Å²) in [5, 5.41) is 12.2. The van der Waals surface area contributed by atoms with Crippen LogP contribution in [0.5, 0.6) is 0 Å². The van der Waals surface area contributed by atoms with E-state index in [1.165, 1.54) is 22.9 Å². The lowest BCUT2D eigenvalue weighted by Crippen LogP contribution is -2.02. The van der Waals surface area contributed by atoms with Gasteiger partial charge in [-0.15, -0.1) is 5.10 Å². The van der Waals surface area contributed by atoms with Crippen LogP contribution in [-0.4, -0.2) is 30.1 Å². The van der Waals surface area contributed by atoms with E-state index in [-0.39, 0.29) is 28.9 Å². The fourth-order valence-corrected chi connectivity index (χ4v) is 3.02. The highest BCUT2D eigenvalue weighted by molar-refractivity contribution is 5.76. The lowest BCUT2D eigenvalue weighted by Gasteiger charge is -2.08. The molecule has 146 valence electrons. The van der Waals surface area contributed by atoms with E-state index in [1.54, 1.807) is 54.9 Å². The molecule has 30 heavy (non-hydrogen) atoms. The number of pyridine rings is 1. The molecule has 7 nitrogen and oxygen atoms in total. The van der Waals surface area contributed by atoms with Gasteiger partial charge in [-0.25, -0.2) is 13.5 Å². The normalized spacial score (nSPS) is 11.0. The Morgan fingerprint density at radius 1 is 0.833 bits per heavy atom. The van der Waals surface area contributed by atoms with Crippen LogP contribution in [0.3, 0.4) is 0 Å². The van der Waals surface area contributed by atoms with Gasteiger partial charge >= 0.3 is 0 Å². The van der Waals surface area contributed by atoms with E-state index in [9.17, 15) is 8.78 Å². The highest BCUT2D eigenvalue weighted by atomic mass is 19.1. The summed E-state index contributed by atoms with van der Waals surface area (Å²) in [6.07, 6.45) is 3.21. The average Bonchev–Trinajstić information content (AvgIpc) is 3.43. The van der Waals surface area contributed by atoms with E-state index in [4.69, 9.17) is 4.52 Å². The van der Waals surface area contributed by atoms with Gasteiger partial charge < -0.3 is 4.52 Å². The third-order valence-corrected chi connectivity index (χ3v) is 4.44. The number of rotatable bonds is 4. The van der Waals surface area contributed by atoms with Crippen molar-refractivity contribution in [1.29, 1.82) is 0 Å². The first kappa shape index (κ1) is 17.8. The Kier molecular flexibility index (Phi) is 4.32. The van der Waals surface area contributed by atoms with Gasteiger partial charge in [-0.05, 0) is 48.5 Å². The molecule has 0 N–H and O–H groups in total. The minimum Gasteiger partial charge on any atom is -0.332 e. The van der Waals surface area contributed by atoms with Gasteiger partial charge in [0.25, 0.3) is 5.89 Å². The molecule has 0 unspecified atom stereocenters. The molecule has 5 rings (SSSR count). The molecule has 0 aliphatic carbocycles. The summed E-state index contributed by atoms with van der Waals surface area (Å²) in [6, 6.07) is 15.4. The van der Waals surface area contributed by atoms with Gasteiger partial charge in [0.15, 0.2) is 5.69 Å². The summed E-state index contributed by atoms with van der Waals surface area (Å²) in [4.78, 5) is 8.39. The van der Waals surface area contributed by atoms with Gasteiger partial charge in [-0.3, -0.25) is 4.98 Å². The molecule has 2 aromatic carbocycles. The predicted octanol–water partition coefficient (Wildman–Crippen LogP) is 4.32. The SMILES string of the molecule is Fc1ccc(-c2noc(-c3nnn(-c4ccccc4F)c3-c3ccncc3)n2)cc1. The molecule has 0 atom stereocenters. The molecule has 0 saturated carbocycles. The summed E-state index contributed by atoms with van der Waals surface area (Å²) in [7, 11) is 0. The molecule has 0 saturated heterocycles. The number of para-hydroxylation sites is 1. The highest BCUT2D eigenvalue weighted by Gasteiger charge is 2.24. The predicted molar refractivity (Wildman–Crippen MR) is 103 cm³/mol. The van der Waals surface area contributed by atoms with Crippen molar-refractivity contribution in [1.82, 2.24) is 30.1 Å². The fourth-order valence-electron chi connectivity index (χ4n) is 3.02. The van der Waals surface area contributed by atoms with E-state index in [1.807, 2.05) is 0 Å². The third kappa shape index (κ3) is 3.12. The monoisotopic (exact) mass is 402 g/mol. The lowest BCUT2D eigenvalue weighted by atomic mass is 10.1. The molecule has 0 aliphatic heterocycles. The zero-order valence-corrected chi connectivity index (χ0v) is 15.3. The molecular formula is C21H12F2N6O. The van der Waals surface area contributed by atoms with Crippen molar-refractivity contribution in [3.05, 3.63) is 84.7 Å². The first-order chi connectivity index (χ1) is 14.7. The minimum atomic E-state index is -0.457. The summed E-state index contributed by atoms with van der Waals surface area (Å²) in [6.45, 7) is 0. The van der Waals surface area contributed by atoms with Crippen LogP contribution in [-0.2, 0) is 0 Å². The Balaban J connectivity index is 1.66. The van der Waals surface area contributed by atoms with Gasteiger partial charge in [0.2, 0.25) is 5.82 Å². The maximum absolute atomic E-state index is 14.5. The largest absolute Gasteiger partial charge is 0.332 e. The van der Waals surface area contributed by atoms with Crippen LogP contribution in [0.15, 0.2) is 77.6 Å². The number of nitrogens with zero attached hydrogens (tertiary/aromatic N) is 6. The third-order valence-electron chi connectivity index (χ3n) is 4.44. The molecule has 0 aliphatic rings. The summed E-state index contributed by atoms with van der Waals surface area (Å²) in [5.41, 5.74) is 2.25. The van der Waals surface area contributed by atoms with E-state index in [0.29, 0.717) is 16.8 Å². The first-order valence-electron chi connectivity index (χ1n) is 8.92. The van der Waals surface area contributed by atoms with Gasteiger partial charge in [0.05, 0.1) is 0 Å². The van der Waals surface area contributed by atoms with Gasteiger partial charge in [-0.1, -0.05) is 22.5 Å². The molecule has 0 amide bonds. The van der Waals surface area contributed by atoms with Gasteiger partial charge in [0, 0.05) is 23.5 Å². The molecule has 5 aromatic rings. The molecule has 3 heterocycles. The van der Waals surface area contributed by atoms with Crippen LogP contribution in [0.25, 0.3) is 39.9 Å². The maximum atomic E-state index is 14.5. The molecule has 0 radical (unpaired) electrons.